The number of methoxy groups -OCH3 is 1. The molecule has 4 aromatic rings. The van der Waals surface area contributed by atoms with Gasteiger partial charge in [-0.1, -0.05) is 0 Å². The molecule has 122 valence electrons. The Kier molecular flexibility index (Phi) is 3.92. The summed E-state index contributed by atoms with van der Waals surface area (Å²) in [5.74, 6) is 2.30. The van der Waals surface area contributed by atoms with Crippen LogP contribution in [0.15, 0.2) is 73.3 Å². The minimum atomic E-state index is 0.749. The highest BCUT2D eigenvalue weighted by atomic mass is 16.5. The van der Waals surface area contributed by atoms with Gasteiger partial charge in [0.15, 0.2) is 11.6 Å². The fraction of sp³-hybridized carbons (Fsp3) is 0.0526. The highest BCUT2D eigenvalue weighted by Gasteiger charge is 2.17. The lowest BCUT2D eigenvalue weighted by Gasteiger charge is -2.11. The lowest BCUT2D eigenvalue weighted by atomic mass is 10.2. The molecular formula is C19H15N5O. The maximum atomic E-state index is 5.26. The van der Waals surface area contributed by atoms with Crippen LogP contribution >= 0.6 is 0 Å². The Morgan fingerprint density at radius 3 is 1.60 bits per heavy atom. The summed E-state index contributed by atoms with van der Waals surface area (Å²) < 4.78 is 7.28. The number of aromatic nitrogens is 5. The van der Waals surface area contributed by atoms with E-state index in [1.807, 2.05) is 53.1 Å². The molecule has 25 heavy (non-hydrogen) atoms. The fourth-order valence-corrected chi connectivity index (χ4v) is 2.64. The maximum Gasteiger partial charge on any atom is 0.168 e. The molecule has 6 heteroatoms. The van der Waals surface area contributed by atoms with Crippen LogP contribution in [0.25, 0.3) is 28.5 Å². The molecule has 0 radical (unpaired) electrons. The molecule has 0 N–H and O–H groups in total. The average Bonchev–Trinajstić information content (AvgIpc) is 3.14. The van der Waals surface area contributed by atoms with Crippen LogP contribution in [0, 0.1) is 0 Å². The summed E-state index contributed by atoms with van der Waals surface area (Å²) in [6.07, 6.45) is 6.98. The molecule has 0 atom stereocenters. The van der Waals surface area contributed by atoms with Gasteiger partial charge in [0.2, 0.25) is 0 Å². The number of nitrogens with zero attached hydrogens (tertiary/aromatic N) is 5. The maximum absolute atomic E-state index is 5.26. The van der Waals surface area contributed by atoms with Crippen LogP contribution in [0.2, 0.25) is 0 Å². The van der Waals surface area contributed by atoms with Crippen molar-refractivity contribution in [2.45, 2.75) is 0 Å². The third-order valence-corrected chi connectivity index (χ3v) is 3.87. The predicted octanol–water partition coefficient (Wildman–Crippen LogP) is 3.40. The van der Waals surface area contributed by atoms with E-state index in [0.29, 0.717) is 0 Å². The SMILES string of the molecule is COc1ccc(-n2c(-c3ccncc3)nnc2-c2ccncc2)cc1. The first-order valence-electron chi connectivity index (χ1n) is 7.77. The smallest absolute Gasteiger partial charge is 0.168 e. The van der Waals surface area contributed by atoms with Gasteiger partial charge in [-0.3, -0.25) is 14.5 Å². The molecule has 6 nitrogen and oxygen atoms in total. The van der Waals surface area contributed by atoms with E-state index in [-0.39, 0.29) is 0 Å². The van der Waals surface area contributed by atoms with E-state index < -0.39 is 0 Å². The van der Waals surface area contributed by atoms with Crippen LogP contribution in [0.3, 0.4) is 0 Å². The van der Waals surface area contributed by atoms with Crippen LogP contribution in [-0.2, 0) is 0 Å². The quantitative estimate of drug-likeness (QED) is 0.574. The molecule has 0 aliphatic heterocycles. The number of hydrogen-bond donors (Lipinski definition) is 0. The van der Waals surface area contributed by atoms with Gasteiger partial charge in [0.25, 0.3) is 0 Å². The third kappa shape index (κ3) is 2.85. The minimum Gasteiger partial charge on any atom is -0.497 e. The van der Waals surface area contributed by atoms with Crippen molar-refractivity contribution < 1.29 is 4.74 Å². The zero-order valence-corrected chi connectivity index (χ0v) is 13.6. The van der Waals surface area contributed by atoms with Crippen LogP contribution in [0.4, 0.5) is 0 Å². The summed E-state index contributed by atoms with van der Waals surface area (Å²) in [6.45, 7) is 0. The van der Waals surface area contributed by atoms with E-state index in [9.17, 15) is 0 Å². The minimum absolute atomic E-state index is 0.749. The second-order valence-electron chi connectivity index (χ2n) is 5.35. The van der Waals surface area contributed by atoms with Gasteiger partial charge >= 0.3 is 0 Å². The van der Waals surface area contributed by atoms with E-state index in [4.69, 9.17) is 4.74 Å². The molecule has 3 aromatic heterocycles. The largest absolute Gasteiger partial charge is 0.497 e. The van der Waals surface area contributed by atoms with E-state index >= 15 is 0 Å². The number of pyridine rings is 2. The molecule has 0 spiro atoms. The van der Waals surface area contributed by atoms with Crippen molar-refractivity contribution in [2.24, 2.45) is 0 Å². The molecule has 1 aromatic carbocycles. The van der Waals surface area contributed by atoms with Crippen molar-refractivity contribution in [3.63, 3.8) is 0 Å². The van der Waals surface area contributed by atoms with Gasteiger partial charge in [0.1, 0.15) is 5.75 Å². The Balaban J connectivity index is 1.93. The molecule has 3 heterocycles. The van der Waals surface area contributed by atoms with E-state index in [2.05, 4.69) is 20.2 Å². The van der Waals surface area contributed by atoms with Crippen molar-refractivity contribution in [3.8, 4) is 34.2 Å². The number of benzene rings is 1. The molecule has 0 aliphatic carbocycles. The third-order valence-electron chi connectivity index (χ3n) is 3.87. The van der Waals surface area contributed by atoms with Crippen molar-refractivity contribution >= 4 is 0 Å². The summed E-state index contributed by atoms with van der Waals surface area (Å²) in [6, 6.07) is 15.5. The van der Waals surface area contributed by atoms with Crippen molar-refractivity contribution in [2.75, 3.05) is 7.11 Å². The molecular weight excluding hydrogens is 314 g/mol. The molecule has 0 saturated carbocycles. The Labute approximate surface area is 144 Å². The second kappa shape index (κ2) is 6.52. The lowest BCUT2D eigenvalue weighted by Crippen LogP contribution is -2.00. The number of hydrogen-bond acceptors (Lipinski definition) is 5. The Morgan fingerprint density at radius 2 is 1.16 bits per heavy atom. The predicted molar refractivity (Wildman–Crippen MR) is 94.4 cm³/mol. The van der Waals surface area contributed by atoms with Crippen LogP contribution in [-0.4, -0.2) is 31.8 Å². The van der Waals surface area contributed by atoms with E-state index in [1.54, 1.807) is 31.9 Å². The molecule has 0 saturated heterocycles. The molecule has 0 fully saturated rings. The van der Waals surface area contributed by atoms with E-state index in [0.717, 1.165) is 34.2 Å². The highest BCUT2D eigenvalue weighted by molar-refractivity contribution is 5.66. The monoisotopic (exact) mass is 329 g/mol. The van der Waals surface area contributed by atoms with Gasteiger partial charge in [0, 0.05) is 41.6 Å². The standard InChI is InChI=1S/C19H15N5O/c1-25-17-4-2-16(3-5-17)24-18(14-6-10-20-11-7-14)22-23-19(24)15-8-12-21-13-9-15/h2-13H,1H3. The van der Waals surface area contributed by atoms with Gasteiger partial charge in [-0.25, -0.2) is 0 Å². The molecule has 0 unspecified atom stereocenters. The lowest BCUT2D eigenvalue weighted by molar-refractivity contribution is 0.415. The molecule has 0 bridgehead atoms. The van der Waals surface area contributed by atoms with Crippen LogP contribution in [0.1, 0.15) is 0 Å². The van der Waals surface area contributed by atoms with Gasteiger partial charge in [-0.2, -0.15) is 0 Å². The normalized spacial score (nSPS) is 10.6. The van der Waals surface area contributed by atoms with E-state index in [1.165, 1.54) is 0 Å². The zero-order chi connectivity index (χ0) is 17.1. The fourth-order valence-electron chi connectivity index (χ4n) is 2.64. The first-order valence-corrected chi connectivity index (χ1v) is 7.77. The number of rotatable bonds is 4. The van der Waals surface area contributed by atoms with Crippen molar-refractivity contribution in [1.29, 1.82) is 0 Å². The highest BCUT2D eigenvalue weighted by Crippen LogP contribution is 2.28. The first-order chi connectivity index (χ1) is 12.4. The Bertz CT molecular complexity index is 909. The Morgan fingerprint density at radius 1 is 0.680 bits per heavy atom. The van der Waals surface area contributed by atoms with Crippen LogP contribution in [0.5, 0.6) is 5.75 Å². The number of ether oxygens (including phenoxy) is 1. The van der Waals surface area contributed by atoms with Crippen molar-refractivity contribution in [3.05, 3.63) is 73.3 Å². The summed E-state index contributed by atoms with van der Waals surface area (Å²) >= 11 is 0. The van der Waals surface area contributed by atoms with Crippen LogP contribution < -0.4 is 4.74 Å². The summed E-state index contributed by atoms with van der Waals surface area (Å²) in [5, 5.41) is 8.83. The first kappa shape index (κ1) is 15.0. The van der Waals surface area contributed by atoms with Gasteiger partial charge in [-0.05, 0) is 48.5 Å². The van der Waals surface area contributed by atoms with Gasteiger partial charge in [-0.15, -0.1) is 10.2 Å². The molecule has 0 aliphatic rings. The topological polar surface area (TPSA) is 65.7 Å². The summed E-state index contributed by atoms with van der Waals surface area (Å²) in [4.78, 5) is 8.16. The molecule has 0 amide bonds. The summed E-state index contributed by atoms with van der Waals surface area (Å²) in [7, 11) is 1.65. The van der Waals surface area contributed by atoms with Crippen molar-refractivity contribution in [1.82, 2.24) is 24.7 Å². The summed E-state index contributed by atoms with van der Waals surface area (Å²) in [5.41, 5.74) is 2.83. The molecule has 4 rings (SSSR count). The van der Waals surface area contributed by atoms with Gasteiger partial charge < -0.3 is 4.74 Å². The average molecular weight is 329 g/mol. The second-order valence-corrected chi connectivity index (χ2v) is 5.35. The zero-order valence-electron chi connectivity index (χ0n) is 13.6. The Hall–Kier alpha value is -3.54. The van der Waals surface area contributed by atoms with Gasteiger partial charge in [0.05, 0.1) is 7.11 Å².